The SMILES string of the molecule is CN(C)C1(C)CN(C=O)CCN1C(=O)O. The Balaban J connectivity index is 2.91. The predicted molar refractivity (Wildman–Crippen MR) is 54.5 cm³/mol. The fraction of sp³-hybridized carbons (Fsp3) is 0.778. The molecule has 1 heterocycles. The summed E-state index contributed by atoms with van der Waals surface area (Å²) in [7, 11) is 3.62. The molecular weight excluding hydrogens is 198 g/mol. The molecule has 2 amide bonds. The van der Waals surface area contributed by atoms with Crippen LogP contribution in [0.2, 0.25) is 0 Å². The van der Waals surface area contributed by atoms with E-state index in [4.69, 9.17) is 5.11 Å². The van der Waals surface area contributed by atoms with E-state index in [-0.39, 0.29) is 0 Å². The van der Waals surface area contributed by atoms with Gasteiger partial charge in [-0.2, -0.15) is 0 Å². The van der Waals surface area contributed by atoms with Crippen LogP contribution < -0.4 is 0 Å². The molecule has 0 saturated carbocycles. The van der Waals surface area contributed by atoms with Crippen molar-refractivity contribution in [3.05, 3.63) is 0 Å². The lowest BCUT2D eigenvalue weighted by molar-refractivity contribution is -0.127. The third-order valence-corrected chi connectivity index (χ3v) is 3.04. The van der Waals surface area contributed by atoms with E-state index in [2.05, 4.69) is 0 Å². The van der Waals surface area contributed by atoms with Crippen molar-refractivity contribution in [2.24, 2.45) is 0 Å². The van der Waals surface area contributed by atoms with Crippen LogP contribution in [0, 0.1) is 0 Å². The molecule has 0 aromatic heterocycles. The normalized spacial score (nSPS) is 26.9. The van der Waals surface area contributed by atoms with Crippen molar-refractivity contribution in [3.63, 3.8) is 0 Å². The summed E-state index contributed by atoms with van der Waals surface area (Å²) in [5.74, 6) is 0. The van der Waals surface area contributed by atoms with Crippen LogP contribution in [0.3, 0.4) is 0 Å². The maximum absolute atomic E-state index is 11.1. The summed E-state index contributed by atoms with van der Waals surface area (Å²) in [4.78, 5) is 26.5. The van der Waals surface area contributed by atoms with Crippen molar-refractivity contribution >= 4 is 12.5 Å². The molecule has 1 N–H and O–H groups in total. The molecule has 0 radical (unpaired) electrons. The van der Waals surface area contributed by atoms with E-state index in [9.17, 15) is 9.59 Å². The number of amides is 2. The van der Waals surface area contributed by atoms with Gasteiger partial charge in [-0.1, -0.05) is 0 Å². The van der Waals surface area contributed by atoms with Gasteiger partial charge in [-0.05, 0) is 21.0 Å². The van der Waals surface area contributed by atoms with Crippen LogP contribution in [0.15, 0.2) is 0 Å². The Morgan fingerprint density at radius 1 is 1.47 bits per heavy atom. The lowest BCUT2D eigenvalue weighted by Gasteiger charge is -2.50. The van der Waals surface area contributed by atoms with Crippen LogP contribution in [-0.4, -0.2) is 71.7 Å². The van der Waals surface area contributed by atoms with Crippen LogP contribution in [-0.2, 0) is 4.79 Å². The second-order valence-electron chi connectivity index (χ2n) is 4.12. The quantitative estimate of drug-likeness (QED) is 0.643. The number of hydrogen-bond donors (Lipinski definition) is 1. The van der Waals surface area contributed by atoms with Gasteiger partial charge in [0.05, 0.1) is 6.54 Å². The second kappa shape index (κ2) is 4.06. The Morgan fingerprint density at radius 2 is 2.07 bits per heavy atom. The predicted octanol–water partition coefficient (Wildman–Crippen LogP) is -0.284. The molecule has 0 aromatic carbocycles. The van der Waals surface area contributed by atoms with E-state index in [1.165, 1.54) is 4.90 Å². The van der Waals surface area contributed by atoms with Gasteiger partial charge in [-0.25, -0.2) is 4.79 Å². The van der Waals surface area contributed by atoms with Gasteiger partial charge in [-0.3, -0.25) is 14.6 Å². The minimum Gasteiger partial charge on any atom is -0.465 e. The molecule has 0 spiro atoms. The zero-order valence-electron chi connectivity index (χ0n) is 9.30. The second-order valence-corrected chi connectivity index (χ2v) is 4.12. The summed E-state index contributed by atoms with van der Waals surface area (Å²) in [6, 6.07) is 0. The van der Waals surface area contributed by atoms with Gasteiger partial charge in [0.1, 0.15) is 5.66 Å². The van der Waals surface area contributed by atoms with Crippen LogP contribution in [0.4, 0.5) is 4.79 Å². The fourth-order valence-electron chi connectivity index (χ4n) is 1.79. The molecule has 1 aliphatic rings. The molecule has 1 saturated heterocycles. The van der Waals surface area contributed by atoms with E-state index < -0.39 is 11.8 Å². The maximum atomic E-state index is 11.1. The van der Waals surface area contributed by atoms with Crippen LogP contribution in [0.5, 0.6) is 0 Å². The summed E-state index contributed by atoms with van der Waals surface area (Å²) in [5.41, 5.74) is -0.648. The lowest BCUT2D eigenvalue weighted by atomic mass is 10.1. The first-order valence-corrected chi connectivity index (χ1v) is 4.79. The molecular formula is C9H17N3O3. The summed E-state index contributed by atoms with van der Waals surface area (Å²) < 4.78 is 0. The fourth-order valence-corrected chi connectivity index (χ4v) is 1.79. The number of nitrogens with zero attached hydrogens (tertiary/aromatic N) is 3. The third-order valence-electron chi connectivity index (χ3n) is 3.04. The molecule has 6 heteroatoms. The average molecular weight is 215 g/mol. The topological polar surface area (TPSA) is 64.1 Å². The minimum atomic E-state index is -0.947. The van der Waals surface area contributed by atoms with Gasteiger partial charge >= 0.3 is 6.09 Å². The van der Waals surface area contributed by atoms with Gasteiger partial charge < -0.3 is 10.0 Å². The Kier molecular flexibility index (Phi) is 3.18. The number of carboxylic acid groups (broad SMARTS) is 1. The van der Waals surface area contributed by atoms with E-state index in [0.29, 0.717) is 19.6 Å². The first kappa shape index (κ1) is 11.8. The molecule has 0 bridgehead atoms. The number of rotatable bonds is 2. The monoisotopic (exact) mass is 215 g/mol. The average Bonchev–Trinajstić information content (AvgIpc) is 2.16. The Hall–Kier alpha value is -1.30. The van der Waals surface area contributed by atoms with E-state index in [1.807, 2.05) is 25.9 Å². The van der Waals surface area contributed by atoms with Gasteiger partial charge in [0.15, 0.2) is 0 Å². The first-order valence-electron chi connectivity index (χ1n) is 4.79. The Labute approximate surface area is 89.0 Å². The van der Waals surface area contributed by atoms with Crippen molar-refractivity contribution in [2.75, 3.05) is 33.7 Å². The molecule has 86 valence electrons. The zero-order chi connectivity index (χ0) is 11.6. The Morgan fingerprint density at radius 3 is 2.47 bits per heavy atom. The van der Waals surface area contributed by atoms with Gasteiger partial charge in [0.2, 0.25) is 6.41 Å². The zero-order valence-corrected chi connectivity index (χ0v) is 9.30. The highest BCUT2D eigenvalue weighted by atomic mass is 16.4. The van der Waals surface area contributed by atoms with Crippen LogP contribution >= 0.6 is 0 Å². The highest BCUT2D eigenvalue weighted by molar-refractivity contribution is 5.66. The molecule has 0 aromatic rings. The maximum Gasteiger partial charge on any atom is 0.408 e. The highest BCUT2D eigenvalue weighted by Crippen LogP contribution is 2.22. The third kappa shape index (κ3) is 2.04. The van der Waals surface area contributed by atoms with Crippen molar-refractivity contribution < 1.29 is 14.7 Å². The number of piperazine rings is 1. The van der Waals surface area contributed by atoms with Crippen molar-refractivity contribution in [3.8, 4) is 0 Å². The standard InChI is InChI=1S/C9H17N3O3/c1-9(10(2)3)6-11(7-13)4-5-12(9)8(14)15/h7H,4-6H2,1-3H3,(H,14,15). The molecule has 1 unspecified atom stereocenters. The summed E-state index contributed by atoms with van der Waals surface area (Å²) >= 11 is 0. The van der Waals surface area contributed by atoms with Gasteiger partial charge in [0, 0.05) is 13.1 Å². The molecule has 6 nitrogen and oxygen atoms in total. The van der Waals surface area contributed by atoms with E-state index in [1.54, 1.807) is 4.90 Å². The van der Waals surface area contributed by atoms with Crippen molar-refractivity contribution in [2.45, 2.75) is 12.6 Å². The van der Waals surface area contributed by atoms with Gasteiger partial charge in [0.25, 0.3) is 0 Å². The first-order chi connectivity index (χ1) is 6.91. The molecule has 1 fully saturated rings. The van der Waals surface area contributed by atoms with Crippen molar-refractivity contribution in [1.82, 2.24) is 14.7 Å². The summed E-state index contributed by atoms with van der Waals surface area (Å²) in [6.07, 6.45) is -0.183. The van der Waals surface area contributed by atoms with Crippen molar-refractivity contribution in [1.29, 1.82) is 0 Å². The largest absolute Gasteiger partial charge is 0.465 e. The number of carbonyl (C=O) groups is 2. The Bertz CT molecular complexity index is 269. The minimum absolute atomic E-state index is 0.350. The number of likely N-dealkylation sites (N-methyl/N-ethyl adjacent to an activating group) is 1. The molecule has 1 atom stereocenters. The smallest absolute Gasteiger partial charge is 0.408 e. The van der Waals surface area contributed by atoms with E-state index >= 15 is 0 Å². The van der Waals surface area contributed by atoms with E-state index in [0.717, 1.165) is 6.41 Å². The summed E-state index contributed by atoms with van der Waals surface area (Å²) in [6.45, 7) is 3.02. The molecule has 1 aliphatic heterocycles. The molecule has 0 aliphatic carbocycles. The molecule has 15 heavy (non-hydrogen) atoms. The number of carbonyl (C=O) groups excluding carboxylic acids is 1. The van der Waals surface area contributed by atoms with Crippen LogP contribution in [0.25, 0.3) is 0 Å². The van der Waals surface area contributed by atoms with Crippen LogP contribution in [0.1, 0.15) is 6.92 Å². The highest BCUT2D eigenvalue weighted by Gasteiger charge is 2.42. The molecule has 1 rings (SSSR count). The van der Waals surface area contributed by atoms with Gasteiger partial charge in [-0.15, -0.1) is 0 Å². The number of hydrogen-bond acceptors (Lipinski definition) is 3. The summed E-state index contributed by atoms with van der Waals surface area (Å²) in [5, 5.41) is 9.07. The lowest BCUT2D eigenvalue weighted by Crippen LogP contribution is -2.67.